The molecular formula is C18H18FN3O2S. The van der Waals surface area contributed by atoms with Crippen molar-refractivity contribution < 1.29 is 12.8 Å². The summed E-state index contributed by atoms with van der Waals surface area (Å²) in [5.41, 5.74) is 1.72. The summed E-state index contributed by atoms with van der Waals surface area (Å²) >= 11 is 0. The van der Waals surface area contributed by atoms with Crippen LogP contribution in [-0.2, 0) is 10.0 Å². The second-order valence-corrected chi connectivity index (χ2v) is 7.79. The van der Waals surface area contributed by atoms with Crippen LogP contribution < -0.4 is 10.2 Å². The van der Waals surface area contributed by atoms with Crippen LogP contribution in [0.25, 0.3) is 0 Å². The number of amidine groups is 1. The van der Waals surface area contributed by atoms with E-state index in [9.17, 15) is 12.8 Å². The van der Waals surface area contributed by atoms with Gasteiger partial charge in [-0.05, 0) is 43.5 Å². The van der Waals surface area contributed by atoms with Gasteiger partial charge in [-0.3, -0.25) is 0 Å². The SMILES string of the molecule is O=S1(=O)N=C(Nc2ccccc2N2CCCCC2)c2c(F)cccc21. The van der Waals surface area contributed by atoms with Crippen LogP contribution in [0.2, 0.25) is 0 Å². The fraction of sp³-hybridized carbons (Fsp3) is 0.278. The van der Waals surface area contributed by atoms with Crippen molar-refractivity contribution in [1.82, 2.24) is 0 Å². The lowest BCUT2D eigenvalue weighted by Crippen LogP contribution is -2.30. The number of fused-ring (bicyclic) bond motifs is 1. The van der Waals surface area contributed by atoms with E-state index in [2.05, 4.69) is 14.6 Å². The normalized spacial score (nSPS) is 18.6. The van der Waals surface area contributed by atoms with E-state index in [-0.39, 0.29) is 16.3 Å². The average Bonchev–Trinajstić information content (AvgIpc) is 2.88. The Labute approximate surface area is 146 Å². The van der Waals surface area contributed by atoms with Crippen LogP contribution in [-0.4, -0.2) is 27.3 Å². The average molecular weight is 359 g/mol. The molecule has 2 aromatic rings. The van der Waals surface area contributed by atoms with Gasteiger partial charge in [-0.1, -0.05) is 18.2 Å². The maximum atomic E-state index is 14.2. The Morgan fingerprint density at radius 2 is 1.76 bits per heavy atom. The molecule has 4 rings (SSSR count). The predicted molar refractivity (Wildman–Crippen MR) is 96.3 cm³/mol. The van der Waals surface area contributed by atoms with E-state index in [1.165, 1.54) is 24.6 Å². The minimum Gasteiger partial charge on any atom is -0.370 e. The number of halogens is 1. The second kappa shape index (κ2) is 6.15. The van der Waals surface area contributed by atoms with Crippen LogP contribution in [0, 0.1) is 5.82 Å². The third kappa shape index (κ3) is 2.89. The first-order valence-corrected chi connectivity index (χ1v) is 9.75. The highest BCUT2D eigenvalue weighted by Crippen LogP contribution is 2.32. The van der Waals surface area contributed by atoms with Gasteiger partial charge in [0.1, 0.15) is 10.7 Å². The number of sulfonamides is 1. The molecule has 1 fully saturated rings. The molecule has 0 bridgehead atoms. The summed E-state index contributed by atoms with van der Waals surface area (Å²) in [6.07, 6.45) is 3.47. The van der Waals surface area contributed by atoms with Gasteiger partial charge in [-0.2, -0.15) is 8.42 Å². The maximum Gasteiger partial charge on any atom is 0.285 e. The zero-order chi connectivity index (χ0) is 17.4. The highest BCUT2D eigenvalue weighted by Gasteiger charge is 2.32. The number of rotatable bonds is 2. The number of nitrogens with zero attached hydrogens (tertiary/aromatic N) is 2. The third-order valence-electron chi connectivity index (χ3n) is 4.56. The fourth-order valence-corrected chi connectivity index (χ4v) is 4.55. The van der Waals surface area contributed by atoms with Gasteiger partial charge in [0.15, 0.2) is 5.84 Å². The Balaban J connectivity index is 1.73. The summed E-state index contributed by atoms with van der Waals surface area (Å²) in [5, 5.41) is 3.05. The second-order valence-electron chi connectivity index (χ2n) is 6.22. The van der Waals surface area contributed by atoms with E-state index >= 15 is 0 Å². The number of nitrogens with one attached hydrogen (secondary N) is 1. The topological polar surface area (TPSA) is 61.8 Å². The number of hydrogen-bond donors (Lipinski definition) is 1. The largest absolute Gasteiger partial charge is 0.370 e. The fourth-order valence-electron chi connectivity index (χ4n) is 3.37. The molecule has 0 saturated carbocycles. The molecule has 25 heavy (non-hydrogen) atoms. The minimum absolute atomic E-state index is 0.0101. The molecule has 130 valence electrons. The van der Waals surface area contributed by atoms with E-state index < -0.39 is 15.8 Å². The Kier molecular flexibility index (Phi) is 3.95. The molecule has 2 aromatic carbocycles. The highest BCUT2D eigenvalue weighted by atomic mass is 32.2. The van der Waals surface area contributed by atoms with Crippen molar-refractivity contribution in [3.05, 3.63) is 53.8 Å². The van der Waals surface area contributed by atoms with Crippen LogP contribution >= 0.6 is 0 Å². The van der Waals surface area contributed by atoms with Gasteiger partial charge >= 0.3 is 0 Å². The molecular weight excluding hydrogens is 341 g/mol. The van der Waals surface area contributed by atoms with Crippen molar-refractivity contribution >= 4 is 27.2 Å². The molecule has 0 aliphatic carbocycles. The summed E-state index contributed by atoms with van der Waals surface area (Å²) in [5.74, 6) is -0.558. The van der Waals surface area contributed by atoms with Crippen molar-refractivity contribution in [1.29, 1.82) is 0 Å². The van der Waals surface area contributed by atoms with Crippen molar-refractivity contribution in [3.63, 3.8) is 0 Å². The van der Waals surface area contributed by atoms with E-state index in [0.29, 0.717) is 0 Å². The zero-order valence-electron chi connectivity index (χ0n) is 13.6. The lowest BCUT2D eigenvalue weighted by Gasteiger charge is -2.30. The quantitative estimate of drug-likeness (QED) is 0.893. The summed E-state index contributed by atoms with van der Waals surface area (Å²) in [4.78, 5) is 2.17. The monoisotopic (exact) mass is 359 g/mol. The number of anilines is 2. The summed E-state index contributed by atoms with van der Waals surface area (Å²) in [7, 11) is -3.86. The Morgan fingerprint density at radius 1 is 1.00 bits per heavy atom. The summed E-state index contributed by atoms with van der Waals surface area (Å²) < 4.78 is 42.4. The number of para-hydroxylation sites is 2. The van der Waals surface area contributed by atoms with Gasteiger partial charge in [-0.25, -0.2) is 4.39 Å². The molecule has 0 unspecified atom stereocenters. The lowest BCUT2D eigenvalue weighted by atomic mass is 10.1. The zero-order valence-corrected chi connectivity index (χ0v) is 14.4. The number of benzene rings is 2. The first-order valence-electron chi connectivity index (χ1n) is 8.31. The molecule has 1 saturated heterocycles. The molecule has 1 N–H and O–H groups in total. The highest BCUT2D eigenvalue weighted by molar-refractivity contribution is 7.90. The van der Waals surface area contributed by atoms with Crippen molar-refractivity contribution in [2.45, 2.75) is 24.2 Å². The first kappa shape index (κ1) is 16.1. The van der Waals surface area contributed by atoms with Gasteiger partial charge in [0.25, 0.3) is 10.0 Å². The molecule has 0 radical (unpaired) electrons. The van der Waals surface area contributed by atoms with E-state index in [0.717, 1.165) is 37.3 Å². The van der Waals surface area contributed by atoms with Gasteiger partial charge in [0.2, 0.25) is 0 Å². The van der Waals surface area contributed by atoms with Gasteiger partial charge in [0, 0.05) is 13.1 Å². The molecule has 2 aliphatic heterocycles. The first-order chi connectivity index (χ1) is 12.1. The predicted octanol–water partition coefficient (Wildman–Crippen LogP) is 3.38. The maximum absolute atomic E-state index is 14.2. The Bertz CT molecular complexity index is 951. The molecule has 0 atom stereocenters. The van der Waals surface area contributed by atoms with E-state index in [1.807, 2.05) is 24.3 Å². The summed E-state index contributed by atoms with van der Waals surface area (Å²) in [6, 6.07) is 11.7. The molecule has 0 aromatic heterocycles. The molecule has 7 heteroatoms. The number of hydrogen-bond acceptors (Lipinski definition) is 4. The molecule has 0 spiro atoms. The van der Waals surface area contributed by atoms with Gasteiger partial charge < -0.3 is 10.2 Å². The van der Waals surface area contributed by atoms with E-state index in [4.69, 9.17) is 0 Å². The number of piperidine rings is 1. The van der Waals surface area contributed by atoms with Crippen LogP contribution in [0.1, 0.15) is 24.8 Å². The van der Waals surface area contributed by atoms with Gasteiger partial charge in [-0.15, -0.1) is 4.40 Å². The Hall–Kier alpha value is -2.41. The van der Waals surface area contributed by atoms with Crippen molar-refractivity contribution in [3.8, 4) is 0 Å². The van der Waals surface area contributed by atoms with Crippen LogP contribution in [0.3, 0.4) is 0 Å². The van der Waals surface area contributed by atoms with Crippen LogP contribution in [0.4, 0.5) is 15.8 Å². The minimum atomic E-state index is -3.86. The van der Waals surface area contributed by atoms with Crippen molar-refractivity contribution in [2.24, 2.45) is 4.40 Å². The Morgan fingerprint density at radius 3 is 2.56 bits per heavy atom. The van der Waals surface area contributed by atoms with Crippen LogP contribution in [0.5, 0.6) is 0 Å². The molecule has 2 heterocycles. The smallest absolute Gasteiger partial charge is 0.285 e. The molecule has 5 nitrogen and oxygen atoms in total. The van der Waals surface area contributed by atoms with Gasteiger partial charge in [0.05, 0.1) is 16.9 Å². The van der Waals surface area contributed by atoms with E-state index in [1.54, 1.807) is 0 Å². The summed E-state index contributed by atoms with van der Waals surface area (Å²) in [6.45, 7) is 1.91. The molecule has 0 amide bonds. The molecule has 2 aliphatic rings. The van der Waals surface area contributed by atoms with Crippen LogP contribution in [0.15, 0.2) is 51.8 Å². The lowest BCUT2D eigenvalue weighted by molar-refractivity contribution is 0.578. The van der Waals surface area contributed by atoms with Crippen molar-refractivity contribution in [2.75, 3.05) is 23.3 Å². The standard InChI is InChI=1S/C18H18FN3O2S/c19-13-7-6-10-16-17(13)18(21-25(16,23)24)20-14-8-2-3-9-15(14)22-11-4-1-5-12-22/h2-3,6-10H,1,4-5,11-12H2,(H,20,21). The third-order valence-corrected chi connectivity index (χ3v) is 5.87.